The minimum Gasteiger partial charge on any atom is -0.277 e. The van der Waals surface area contributed by atoms with E-state index in [2.05, 4.69) is 18.1 Å². The molecule has 0 aliphatic heterocycles. The van der Waals surface area contributed by atoms with Gasteiger partial charge >= 0.3 is 0 Å². The molecular weight excluding hydrogens is 140 g/mol. The van der Waals surface area contributed by atoms with Crippen LogP contribution in [0.25, 0.3) is 0 Å². The number of rotatable bonds is 4. The molecule has 0 rings (SSSR count). The van der Waals surface area contributed by atoms with E-state index in [9.17, 15) is 9.59 Å². The number of amides is 2. The normalized spacial score (nSPS) is 8.11. The molecule has 0 radical (unpaired) electrons. The van der Waals surface area contributed by atoms with Crippen molar-refractivity contribution < 1.29 is 9.59 Å². The predicted octanol–water partition coefficient (Wildman–Crippen LogP) is -0.917. The summed E-state index contributed by atoms with van der Waals surface area (Å²) in [6.07, 6.45) is 0.709. The van der Waals surface area contributed by atoms with Crippen LogP contribution in [0.2, 0.25) is 0 Å². The van der Waals surface area contributed by atoms with Gasteiger partial charge in [0.2, 0.25) is 12.3 Å². The maximum Gasteiger partial charge on any atom is 0.239 e. The quantitative estimate of drug-likeness (QED) is 0.274. The number of carbonyl (C=O) groups excluding carboxylic acids is 2. The van der Waals surface area contributed by atoms with E-state index >= 15 is 0 Å². The van der Waals surface area contributed by atoms with Crippen molar-refractivity contribution in [2.45, 2.75) is 6.42 Å². The molecule has 0 saturated carbocycles. The number of hydrazine groups is 1. The van der Waals surface area contributed by atoms with Crippen LogP contribution in [0.15, 0.2) is 0 Å². The van der Waals surface area contributed by atoms with Gasteiger partial charge in [-0.3, -0.25) is 20.4 Å². The fraction of sp³-hybridized carbons (Fsp3) is 0.500. The molecule has 0 atom stereocenters. The van der Waals surface area contributed by atoms with Crippen molar-refractivity contribution in [1.29, 1.82) is 0 Å². The summed E-state index contributed by atoms with van der Waals surface area (Å²) in [4.78, 5) is 20.0. The number of hydrogen-bond donors (Lipinski definition) is 3. The largest absolute Gasteiger partial charge is 0.277 e. The molecule has 0 aliphatic carbocycles. The lowest BCUT2D eigenvalue weighted by Crippen LogP contribution is -2.36. The minimum absolute atomic E-state index is 0.239. The highest BCUT2D eigenvalue weighted by Gasteiger charge is 1.94. The lowest BCUT2D eigenvalue weighted by molar-refractivity contribution is -0.124. The number of carbonyl (C=O) groups is 2. The van der Waals surface area contributed by atoms with Crippen LogP contribution in [-0.4, -0.2) is 18.1 Å². The summed E-state index contributed by atoms with van der Waals surface area (Å²) in [5, 5.41) is 0. The Morgan fingerprint density at radius 2 is 2.33 bits per heavy atom. The van der Waals surface area contributed by atoms with E-state index in [4.69, 9.17) is 0 Å². The van der Waals surface area contributed by atoms with Crippen LogP contribution in [0.4, 0.5) is 0 Å². The minimum atomic E-state index is -0.239. The highest BCUT2D eigenvalue weighted by Crippen LogP contribution is 1.80. The maximum atomic E-state index is 10.4. The fourth-order valence-corrected chi connectivity index (χ4v) is 0.477. The molecule has 2 amide bonds. The standard InChI is InChI=1S/C4H8N2O2S/c7-3-5-6-4(8)1-2-9/h3,9H,1-2H2,(H,5,7)(H,6,8). The summed E-state index contributed by atoms with van der Waals surface area (Å²) in [5.41, 5.74) is 4.15. The zero-order valence-electron chi connectivity index (χ0n) is 4.76. The third-order valence-corrected chi connectivity index (χ3v) is 0.833. The first-order valence-corrected chi connectivity index (χ1v) is 3.03. The van der Waals surface area contributed by atoms with E-state index < -0.39 is 0 Å². The van der Waals surface area contributed by atoms with E-state index in [0.29, 0.717) is 18.6 Å². The molecule has 0 heterocycles. The molecule has 5 heteroatoms. The Morgan fingerprint density at radius 1 is 1.67 bits per heavy atom. The van der Waals surface area contributed by atoms with Crippen molar-refractivity contribution in [2.24, 2.45) is 0 Å². The van der Waals surface area contributed by atoms with Crippen molar-refractivity contribution >= 4 is 24.9 Å². The Bertz CT molecular complexity index is 107. The van der Waals surface area contributed by atoms with Crippen LogP contribution in [0.5, 0.6) is 0 Å². The molecule has 2 N–H and O–H groups in total. The number of hydrogen-bond acceptors (Lipinski definition) is 3. The first kappa shape index (κ1) is 8.29. The molecule has 0 aromatic carbocycles. The molecule has 0 spiro atoms. The van der Waals surface area contributed by atoms with Crippen molar-refractivity contribution in [3.8, 4) is 0 Å². The van der Waals surface area contributed by atoms with Gasteiger partial charge in [0, 0.05) is 6.42 Å². The van der Waals surface area contributed by atoms with Crippen LogP contribution in [0.1, 0.15) is 6.42 Å². The maximum absolute atomic E-state index is 10.4. The van der Waals surface area contributed by atoms with Crippen molar-refractivity contribution in [3.63, 3.8) is 0 Å². The van der Waals surface area contributed by atoms with E-state index in [1.807, 2.05) is 5.43 Å². The molecule has 52 valence electrons. The van der Waals surface area contributed by atoms with Gasteiger partial charge in [-0.15, -0.1) is 0 Å². The summed E-state index contributed by atoms with van der Waals surface area (Å²) < 4.78 is 0. The van der Waals surface area contributed by atoms with Gasteiger partial charge in [0.25, 0.3) is 0 Å². The highest BCUT2D eigenvalue weighted by molar-refractivity contribution is 7.80. The first-order valence-electron chi connectivity index (χ1n) is 2.40. The average molecular weight is 148 g/mol. The molecule has 4 nitrogen and oxygen atoms in total. The summed E-state index contributed by atoms with van der Waals surface area (Å²) in [6.45, 7) is 0. The van der Waals surface area contributed by atoms with E-state index in [0.717, 1.165) is 0 Å². The second-order valence-corrected chi connectivity index (χ2v) is 1.73. The van der Waals surface area contributed by atoms with Gasteiger partial charge in [0.05, 0.1) is 0 Å². The van der Waals surface area contributed by atoms with Crippen LogP contribution < -0.4 is 10.9 Å². The van der Waals surface area contributed by atoms with Gasteiger partial charge in [0.15, 0.2) is 0 Å². The van der Waals surface area contributed by atoms with Gasteiger partial charge in [0.1, 0.15) is 0 Å². The molecule has 0 aromatic heterocycles. The molecule has 0 bridgehead atoms. The van der Waals surface area contributed by atoms with Crippen LogP contribution in [0.3, 0.4) is 0 Å². The zero-order chi connectivity index (χ0) is 7.11. The third kappa shape index (κ3) is 5.16. The fourth-order valence-electron chi connectivity index (χ4n) is 0.274. The lowest BCUT2D eigenvalue weighted by Gasteiger charge is -1.98. The molecule has 0 aliphatic rings. The van der Waals surface area contributed by atoms with Crippen molar-refractivity contribution in [1.82, 2.24) is 10.9 Å². The Balaban J connectivity index is 3.16. The molecule has 0 aromatic rings. The third-order valence-electron chi connectivity index (χ3n) is 0.609. The average Bonchev–Trinajstić information content (AvgIpc) is 1.85. The molecule has 0 unspecified atom stereocenters. The van der Waals surface area contributed by atoms with E-state index in [1.165, 1.54) is 0 Å². The van der Waals surface area contributed by atoms with Crippen LogP contribution >= 0.6 is 12.6 Å². The molecule has 0 fully saturated rings. The molecule has 9 heavy (non-hydrogen) atoms. The summed E-state index contributed by atoms with van der Waals surface area (Å²) >= 11 is 3.81. The Labute approximate surface area is 58.4 Å². The predicted molar refractivity (Wildman–Crippen MR) is 35.8 cm³/mol. The smallest absolute Gasteiger partial charge is 0.239 e. The summed E-state index contributed by atoms with van der Waals surface area (Å²) in [6, 6.07) is 0. The second kappa shape index (κ2) is 5.43. The first-order chi connectivity index (χ1) is 4.31. The van der Waals surface area contributed by atoms with Gasteiger partial charge in [-0.25, -0.2) is 0 Å². The number of thiol groups is 1. The highest BCUT2D eigenvalue weighted by atomic mass is 32.1. The monoisotopic (exact) mass is 148 g/mol. The Morgan fingerprint density at radius 3 is 2.78 bits per heavy atom. The van der Waals surface area contributed by atoms with E-state index in [-0.39, 0.29) is 5.91 Å². The SMILES string of the molecule is O=CNNC(=O)CCS. The van der Waals surface area contributed by atoms with Gasteiger partial charge in [-0.2, -0.15) is 12.6 Å². The topological polar surface area (TPSA) is 58.2 Å². The van der Waals surface area contributed by atoms with Crippen molar-refractivity contribution in [3.05, 3.63) is 0 Å². The lowest BCUT2D eigenvalue weighted by atomic mass is 10.5. The van der Waals surface area contributed by atoms with Gasteiger partial charge in [-0.1, -0.05) is 0 Å². The van der Waals surface area contributed by atoms with Gasteiger partial charge in [-0.05, 0) is 5.75 Å². The van der Waals surface area contributed by atoms with Crippen LogP contribution in [0, 0.1) is 0 Å². The van der Waals surface area contributed by atoms with Gasteiger partial charge < -0.3 is 0 Å². The molecular formula is C4H8N2O2S. The second-order valence-electron chi connectivity index (χ2n) is 1.28. The number of nitrogens with one attached hydrogen (secondary N) is 2. The summed E-state index contributed by atoms with van der Waals surface area (Å²) in [7, 11) is 0. The summed E-state index contributed by atoms with van der Waals surface area (Å²) in [5.74, 6) is 0.240. The van der Waals surface area contributed by atoms with Crippen LogP contribution in [-0.2, 0) is 9.59 Å². The Hall–Kier alpha value is -0.710. The van der Waals surface area contributed by atoms with Crippen molar-refractivity contribution in [2.75, 3.05) is 5.75 Å². The zero-order valence-corrected chi connectivity index (χ0v) is 5.65. The van der Waals surface area contributed by atoms with E-state index in [1.54, 1.807) is 0 Å². The molecule has 0 saturated heterocycles. The Kier molecular flexibility index (Phi) is 5.00.